The number of hydrogen-bond acceptors (Lipinski definition) is 3. The first-order valence-corrected chi connectivity index (χ1v) is 6.98. The van der Waals surface area contributed by atoms with Crippen LogP contribution in [0.25, 0.3) is 0 Å². The largest absolute Gasteiger partial charge is 0.416 e. The number of aliphatic hydroxyl groups excluding tert-OH is 1. The fourth-order valence-electron chi connectivity index (χ4n) is 2.68. The van der Waals surface area contributed by atoms with E-state index in [0.29, 0.717) is 44.4 Å². The Morgan fingerprint density at radius 1 is 1.04 bits per heavy atom. The van der Waals surface area contributed by atoms with Gasteiger partial charge in [-0.25, -0.2) is 0 Å². The number of benzene rings is 1. The van der Waals surface area contributed by atoms with Gasteiger partial charge in [0.25, 0.3) is 0 Å². The van der Waals surface area contributed by atoms with Gasteiger partial charge in [0.1, 0.15) is 0 Å². The molecule has 24 heavy (non-hydrogen) atoms. The van der Waals surface area contributed by atoms with Crippen molar-refractivity contribution in [2.45, 2.75) is 18.4 Å². The predicted octanol–water partition coefficient (Wildman–Crippen LogP) is 3.08. The molecule has 1 aromatic rings. The lowest BCUT2D eigenvalue weighted by Gasteiger charge is -2.35. The van der Waals surface area contributed by atoms with Crippen molar-refractivity contribution in [1.82, 2.24) is 10.2 Å². The van der Waals surface area contributed by atoms with Crippen LogP contribution in [-0.2, 0) is 12.4 Å². The van der Waals surface area contributed by atoms with Gasteiger partial charge in [-0.1, -0.05) is 0 Å². The molecule has 0 aliphatic carbocycles. The molecule has 1 atom stereocenters. The van der Waals surface area contributed by atoms with E-state index in [4.69, 9.17) is 0 Å². The molecule has 0 amide bonds. The Bertz CT molecular complexity index is 543. The molecule has 138 valence electrons. The highest BCUT2D eigenvalue weighted by atomic mass is 35.5. The van der Waals surface area contributed by atoms with E-state index in [1.165, 1.54) is 0 Å². The van der Waals surface area contributed by atoms with E-state index >= 15 is 0 Å². The summed E-state index contributed by atoms with van der Waals surface area (Å²) in [5, 5.41) is 12.5. The molecular formula is C14H17ClF6N2O. The summed E-state index contributed by atoms with van der Waals surface area (Å²) < 4.78 is 78.0. The maximum Gasteiger partial charge on any atom is 0.416 e. The third-order valence-corrected chi connectivity index (χ3v) is 3.81. The van der Waals surface area contributed by atoms with Gasteiger partial charge in [-0.3, -0.25) is 4.90 Å². The van der Waals surface area contributed by atoms with Gasteiger partial charge in [-0.2, -0.15) is 26.3 Å². The molecule has 2 N–H and O–H groups in total. The van der Waals surface area contributed by atoms with Crippen molar-refractivity contribution in [1.29, 1.82) is 0 Å². The zero-order chi connectivity index (χ0) is 17.3. The number of aliphatic hydroxyl groups is 1. The van der Waals surface area contributed by atoms with E-state index in [0.717, 1.165) is 0 Å². The number of rotatable bonds is 3. The van der Waals surface area contributed by atoms with Crippen LogP contribution in [0.1, 0.15) is 22.7 Å². The van der Waals surface area contributed by atoms with Gasteiger partial charge < -0.3 is 10.4 Å². The molecule has 1 fully saturated rings. The third-order valence-electron chi connectivity index (χ3n) is 3.81. The van der Waals surface area contributed by atoms with Gasteiger partial charge in [0.2, 0.25) is 0 Å². The molecule has 2 rings (SSSR count). The molecule has 0 spiro atoms. The Morgan fingerprint density at radius 3 is 2.08 bits per heavy atom. The van der Waals surface area contributed by atoms with Gasteiger partial charge in [0, 0.05) is 26.2 Å². The van der Waals surface area contributed by atoms with E-state index in [9.17, 15) is 31.4 Å². The topological polar surface area (TPSA) is 35.5 Å². The maximum atomic E-state index is 13.1. The Labute approximate surface area is 141 Å². The second kappa shape index (κ2) is 7.90. The van der Waals surface area contributed by atoms with Crippen molar-refractivity contribution in [2.24, 2.45) is 0 Å². The highest BCUT2D eigenvalue weighted by Gasteiger charge is 2.39. The van der Waals surface area contributed by atoms with Crippen LogP contribution in [0.15, 0.2) is 18.2 Å². The number of alkyl halides is 6. The fourth-order valence-corrected chi connectivity index (χ4v) is 2.68. The average molecular weight is 379 g/mol. The molecule has 0 aromatic heterocycles. The first kappa shape index (κ1) is 21.0. The summed E-state index contributed by atoms with van der Waals surface area (Å²) in [5.74, 6) is 0. The van der Waals surface area contributed by atoms with Crippen molar-refractivity contribution in [2.75, 3.05) is 32.8 Å². The van der Waals surface area contributed by atoms with E-state index in [2.05, 4.69) is 5.32 Å². The third kappa shape index (κ3) is 4.75. The van der Waals surface area contributed by atoms with E-state index in [1.54, 1.807) is 4.90 Å². The number of halogens is 7. The molecule has 1 heterocycles. The second-order valence-electron chi connectivity index (χ2n) is 5.28. The molecule has 0 radical (unpaired) electrons. The second-order valence-corrected chi connectivity index (χ2v) is 5.28. The highest BCUT2D eigenvalue weighted by molar-refractivity contribution is 5.85. The van der Waals surface area contributed by atoms with Crippen molar-refractivity contribution in [3.05, 3.63) is 34.9 Å². The SMILES string of the molecule is Cl.OC[C@@H](c1cc(C(F)(F)F)ccc1C(F)(F)F)N1CCNCC1. The summed E-state index contributed by atoms with van der Waals surface area (Å²) in [6.45, 7) is 0.996. The lowest BCUT2D eigenvalue weighted by atomic mass is 9.95. The molecule has 1 aliphatic heterocycles. The van der Waals surface area contributed by atoms with Gasteiger partial charge in [0.15, 0.2) is 0 Å². The molecular weight excluding hydrogens is 362 g/mol. The summed E-state index contributed by atoms with van der Waals surface area (Å²) >= 11 is 0. The van der Waals surface area contributed by atoms with Crippen LogP contribution in [0.4, 0.5) is 26.3 Å². The summed E-state index contributed by atoms with van der Waals surface area (Å²) in [7, 11) is 0. The zero-order valence-corrected chi connectivity index (χ0v) is 13.2. The van der Waals surface area contributed by atoms with Crippen LogP contribution in [-0.4, -0.2) is 42.8 Å². The smallest absolute Gasteiger partial charge is 0.394 e. The Kier molecular flexibility index (Phi) is 6.92. The van der Waals surface area contributed by atoms with Crippen LogP contribution < -0.4 is 5.32 Å². The quantitative estimate of drug-likeness (QED) is 0.793. The lowest BCUT2D eigenvalue weighted by molar-refractivity contribution is -0.142. The van der Waals surface area contributed by atoms with Crippen LogP contribution in [0.2, 0.25) is 0 Å². The number of nitrogens with zero attached hydrogens (tertiary/aromatic N) is 1. The Hall–Kier alpha value is -1.03. The number of nitrogens with one attached hydrogen (secondary N) is 1. The summed E-state index contributed by atoms with van der Waals surface area (Å²) in [5.41, 5.74) is -2.85. The lowest BCUT2D eigenvalue weighted by Crippen LogP contribution is -2.46. The minimum Gasteiger partial charge on any atom is -0.394 e. The summed E-state index contributed by atoms with van der Waals surface area (Å²) in [4.78, 5) is 1.56. The van der Waals surface area contributed by atoms with Crippen molar-refractivity contribution >= 4 is 12.4 Å². The first-order valence-electron chi connectivity index (χ1n) is 6.98. The molecule has 1 aliphatic rings. The normalized spacial score (nSPS) is 18.1. The number of hydrogen-bond donors (Lipinski definition) is 2. The molecule has 0 saturated carbocycles. The monoisotopic (exact) mass is 378 g/mol. The van der Waals surface area contributed by atoms with Crippen LogP contribution in [0, 0.1) is 0 Å². The van der Waals surface area contributed by atoms with E-state index < -0.39 is 41.7 Å². The van der Waals surface area contributed by atoms with Gasteiger partial charge in [-0.15, -0.1) is 12.4 Å². The Morgan fingerprint density at radius 2 is 1.62 bits per heavy atom. The fraction of sp³-hybridized carbons (Fsp3) is 0.571. The Balaban J connectivity index is 0.00000288. The zero-order valence-electron chi connectivity index (χ0n) is 12.4. The molecule has 1 saturated heterocycles. The predicted molar refractivity (Wildman–Crippen MR) is 78.0 cm³/mol. The molecule has 1 aromatic carbocycles. The first-order chi connectivity index (χ1) is 10.6. The summed E-state index contributed by atoms with van der Waals surface area (Å²) in [6.07, 6.45) is -9.54. The van der Waals surface area contributed by atoms with Crippen molar-refractivity contribution < 1.29 is 31.4 Å². The molecule has 0 unspecified atom stereocenters. The minimum absolute atomic E-state index is 0. The van der Waals surface area contributed by atoms with Gasteiger partial charge >= 0.3 is 12.4 Å². The van der Waals surface area contributed by atoms with Crippen molar-refractivity contribution in [3.63, 3.8) is 0 Å². The molecule has 0 bridgehead atoms. The molecule has 10 heteroatoms. The summed E-state index contributed by atoms with van der Waals surface area (Å²) in [6, 6.07) is 0.212. The standard InChI is InChI=1S/C14H16F6N2O.ClH/c15-13(16,17)9-1-2-11(14(18,19)20)10(7-9)12(8-23)22-5-3-21-4-6-22;/h1-2,7,12,21,23H,3-6,8H2;1H/t12-;/m0./s1. The molecule has 3 nitrogen and oxygen atoms in total. The van der Waals surface area contributed by atoms with Crippen LogP contribution in [0.5, 0.6) is 0 Å². The van der Waals surface area contributed by atoms with E-state index in [1.807, 2.05) is 0 Å². The van der Waals surface area contributed by atoms with Crippen molar-refractivity contribution in [3.8, 4) is 0 Å². The number of piperazine rings is 1. The highest BCUT2D eigenvalue weighted by Crippen LogP contribution is 2.39. The minimum atomic E-state index is -4.79. The van der Waals surface area contributed by atoms with E-state index in [-0.39, 0.29) is 12.4 Å². The van der Waals surface area contributed by atoms with Gasteiger partial charge in [-0.05, 0) is 23.8 Å². The van der Waals surface area contributed by atoms with Crippen LogP contribution in [0.3, 0.4) is 0 Å². The van der Waals surface area contributed by atoms with Crippen LogP contribution >= 0.6 is 12.4 Å². The average Bonchev–Trinajstić information content (AvgIpc) is 2.47. The maximum absolute atomic E-state index is 13.1. The van der Waals surface area contributed by atoms with Gasteiger partial charge in [0.05, 0.1) is 23.8 Å².